The number of nitriles is 1. The van der Waals surface area contributed by atoms with Crippen LogP contribution >= 0.6 is 0 Å². The molecule has 0 aliphatic heterocycles. The summed E-state index contributed by atoms with van der Waals surface area (Å²) in [5.74, 6) is -1.04. The third-order valence-electron chi connectivity index (χ3n) is 2.11. The van der Waals surface area contributed by atoms with Crippen molar-refractivity contribution in [1.82, 2.24) is 0 Å². The SMILES string of the molecule is CC(Oc1ccc(C#N)c(F)c1)C(=O)OC(C)(C)C. The summed E-state index contributed by atoms with van der Waals surface area (Å²) >= 11 is 0. The van der Waals surface area contributed by atoms with Crippen molar-refractivity contribution in [2.75, 3.05) is 0 Å². The standard InChI is InChI=1S/C14H16FNO3/c1-9(13(17)19-14(2,3)4)18-11-6-5-10(8-16)12(15)7-11/h5-7,9H,1-4H3. The van der Waals surface area contributed by atoms with Gasteiger partial charge in [-0.15, -0.1) is 0 Å². The highest BCUT2D eigenvalue weighted by Gasteiger charge is 2.23. The van der Waals surface area contributed by atoms with E-state index in [-0.39, 0.29) is 11.3 Å². The lowest BCUT2D eigenvalue weighted by Crippen LogP contribution is -2.33. The minimum Gasteiger partial charge on any atom is -0.479 e. The van der Waals surface area contributed by atoms with Crippen molar-refractivity contribution < 1.29 is 18.7 Å². The second kappa shape index (κ2) is 5.70. The van der Waals surface area contributed by atoms with Crippen LogP contribution in [0.2, 0.25) is 0 Å². The third kappa shape index (κ3) is 4.59. The van der Waals surface area contributed by atoms with Crippen LogP contribution in [0.25, 0.3) is 0 Å². The minimum atomic E-state index is -0.855. The van der Waals surface area contributed by atoms with Gasteiger partial charge in [0.25, 0.3) is 0 Å². The maximum absolute atomic E-state index is 13.4. The molecule has 1 unspecified atom stereocenters. The fourth-order valence-corrected chi connectivity index (χ4v) is 1.30. The maximum atomic E-state index is 13.4. The van der Waals surface area contributed by atoms with Gasteiger partial charge < -0.3 is 9.47 Å². The summed E-state index contributed by atoms with van der Waals surface area (Å²) in [6.45, 7) is 6.77. The van der Waals surface area contributed by atoms with Crippen molar-refractivity contribution in [2.24, 2.45) is 0 Å². The van der Waals surface area contributed by atoms with Gasteiger partial charge >= 0.3 is 5.97 Å². The van der Waals surface area contributed by atoms with Crippen molar-refractivity contribution in [1.29, 1.82) is 5.26 Å². The number of carbonyl (C=O) groups is 1. The molecular formula is C14H16FNO3. The monoisotopic (exact) mass is 265 g/mol. The van der Waals surface area contributed by atoms with Gasteiger partial charge in [0.05, 0.1) is 5.56 Å². The molecule has 102 valence electrons. The lowest BCUT2D eigenvalue weighted by atomic mass is 10.2. The van der Waals surface area contributed by atoms with E-state index >= 15 is 0 Å². The summed E-state index contributed by atoms with van der Waals surface area (Å²) in [4.78, 5) is 11.7. The minimum absolute atomic E-state index is 0.0720. The van der Waals surface area contributed by atoms with Gasteiger partial charge in [0.15, 0.2) is 6.10 Å². The number of hydrogen-bond donors (Lipinski definition) is 0. The van der Waals surface area contributed by atoms with E-state index in [0.29, 0.717) is 0 Å². The van der Waals surface area contributed by atoms with Crippen LogP contribution < -0.4 is 4.74 Å². The summed E-state index contributed by atoms with van der Waals surface area (Å²) in [5.41, 5.74) is -0.678. The molecule has 0 aliphatic rings. The number of halogens is 1. The Morgan fingerprint density at radius 2 is 2.05 bits per heavy atom. The lowest BCUT2D eigenvalue weighted by molar-refractivity contribution is -0.162. The molecule has 1 rings (SSSR count). The lowest BCUT2D eigenvalue weighted by Gasteiger charge is -2.22. The quantitative estimate of drug-likeness (QED) is 0.788. The fourth-order valence-electron chi connectivity index (χ4n) is 1.30. The number of benzene rings is 1. The molecule has 0 radical (unpaired) electrons. The van der Waals surface area contributed by atoms with Crippen LogP contribution in [0.3, 0.4) is 0 Å². The van der Waals surface area contributed by atoms with Crippen molar-refractivity contribution in [3.8, 4) is 11.8 Å². The highest BCUT2D eigenvalue weighted by Crippen LogP contribution is 2.18. The van der Waals surface area contributed by atoms with Crippen LogP contribution in [-0.4, -0.2) is 17.7 Å². The predicted octanol–water partition coefficient (Wildman–Crippen LogP) is 2.81. The van der Waals surface area contributed by atoms with Gasteiger partial charge in [-0.05, 0) is 39.8 Å². The van der Waals surface area contributed by atoms with Gasteiger partial charge in [-0.2, -0.15) is 5.26 Å². The molecule has 0 aromatic heterocycles. The molecule has 0 saturated heterocycles. The van der Waals surface area contributed by atoms with Gasteiger partial charge in [-0.3, -0.25) is 0 Å². The number of carbonyl (C=O) groups excluding carboxylic acids is 1. The number of ether oxygens (including phenoxy) is 2. The van der Waals surface area contributed by atoms with Crippen LogP contribution in [-0.2, 0) is 9.53 Å². The first kappa shape index (κ1) is 15.0. The highest BCUT2D eigenvalue weighted by atomic mass is 19.1. The zero-order chi connectivity index (χ0) is 14.6. The normalized spacial score (nSPS) is 12.4. The van der Waals surface area contributed by atoms with Crippen LogP contribution in [0.15, 0.2) is 18.2 Å². The maximum Gasteiger partial charge on any atom is 0.347 e. The Morgan fingerprint density at radius 3 is 2.53 bits per heavy atom. The van der Waals surface area contributed by atoms with E-state index < -0.39 is 23.5 Å². The van der Waals surface area contributed by atoms with E-state index in [1.54, 1.807) is 26.8 Å². The molecule has 1 aromatic rings. The summed E-state index contributed by atoms with van der Waals surface area (Å²) < 4.78 is 23.8. The smallest absolute Gasteiger partial charge is 0.347 e. The van der Waals surface area contributed by atoms with E-state index in [4.69, 9.17) is 14.7 Å². The number of esters is 1. The first-order chi connectivity index (χ1) is 8.73. The topological polar surface area (TPSA) is 59.3 Å². The average molecular weight is 265 g/mol. The van der Waals surface area contributed by atoms with Gasteiger partial charge in [0.2, 0.25) is 0 Å². The molecule has 0 N–H and O–H groups in total. The Hall–Kier alpha value is -2.09. The molecule has 0 bridgehead atoms. The third-order valence-corrected chi connectivity index (χ3v) is 2.11. The Bertz CT molecular complexity index is 514. The molecule has 19 heavy (non-hydrogen) atoms. The van der Waals surface area contributed by atoms with E-state index in [0.717, 1.165) is 6.07 Å². The van der Waals surface area contributed by atoms with E-state index in [2.05, 4.69) is 0 Å². The molecule has 1 aromatic carbocycles. The zero-order valence-electron chi connectivity index (χ0n) is 11.4. The van der Waals surface area contributed by atoms with E-state index in [9.17, 15) is 9.18 Å². The molecule has 0 heterocycles. The largest absolute Gasteiger partial charge is 0.479 e. The number of rotatable bonds is 3. The molecule has 4 nitrogen and oxygen atoms in total. The Morgan fingerprint density at radius 1 is 1.42 bits per heavy atom. The average Bonchev–Trinajstić information content (AvgIpc) is 2.27. The van der Waals surface area contributed by atoms with Gasteiger partial charge in [0, 0.05) is 6.07 Å². The Labute approximate surface area is 111 Å². The Balaban J connectivity index is 2.72. The van der Waals surface area contributed by atoms with E-state index in [1.807, 2.05) is 0 Å². The second-order valence-corrected chi connectivity index (χ2v) is 5.05. The van der Waals surface area contributed by atoms with Gasteiger partial charge in [-0.1, -0.05) is 0 Å². The molecule has 0 aliphatic carbocycles. The second-order valence-electron chi connectivity index (χ2n) is 5.05. The highest BCUT2D eigenvalue weighted by molar-refractivity contribution is 5.75. The van der Waals surface area contributed by atoms with Crippen LogP contribution in [0.5, 0.6) is 5.75 Å². The molecule has 1 atom stereocenters. The van der Waals surface area contributed by atoms with Crippen molar-refractivity contribution >= 4 is 5.97 Å². The summed E-state index contributed by atoms with van der Waals surface area (Å²) in [7, 11) is 0. The van der Waals surface area contributed by atoms with Crippen LogP contribution in [0.1, 0.15) is 33.3 Å². The van der Waals surface area contributed by atoms with Crippen molar-refractivity contribution in [2.45, 2.75) is 39.4 Å². The molecule has 0 fully saturated rings. The zero-order valence-corrected chi connectivity index (χ0v) is 11.4. The summed E-state index contributed by atoms with van der Waals surface area (Å²) in [6, 6.07) is 5.51. The predicted molar refractivity (Wildman–Crippen MR) is 67.1 cm³/mol. The van der Waals surface area contributed by atoms with Crippen molar-refractivity contribution in [3.05, 3.63) is 29.6 Å². The molecule has 0 spiro atoms. The van der Waals surface area contributed by atoms with Crippen LogP contribution in [0, 0.1) is 17.1 Å². The van der Waals surface area contributed by atoms with E-state index in [1.165, 1.54) is 19.1 Å². The molecular weight excluding hydrogens is 249 g/mol. The van der Waals surface area contributed by atoms with Crippen molar-refractivity contribution in [3.63, 3.8) is 0 Å². The first-order valence-corrected chi connectivity index (χ1v) is 5.82. The first-order valence-electron chi connectivity index (χ1n) is 5.82. The summed E-state index contributed by atoms with van der Waals surface area (Å²) in [6.07, 6.45) is -0.855. The van der Waals surface area contributed by atoms with Gasteiger partial charge in [0.1, 0.15) is 23.2 Å². The van der Waals surface area contributed by atoms with Crippen LogP contribution in [0.4, 0.5) is 4.39 Å². The van der Waals surface area contributed by atoms with Gasteiger partial charge in [-0.25, -0.2) is 9.18 Å². The molecule has 0 saturated carbocycles. The molecule has 5 heteroatoms. The number of hydrogen-bond acceptors (Lipinski definition) is 4. The summed E-state index contributed by atoms with van der Waals surface area (Å²) in [5, 5.41) is 8.60. The fraction of sp³-hybridized carbons (Fsp3) is 0.429. The number of nitrogens with zero attached hydrogens (tertiary/aromatic N) is 1. The Kier molecular flexibility index (Phi) is 4.49. The molecule has 0 amide bonds.